The van der Waals surface area contributed by atoms with Crippen LogP contribution in [0.15, 0.2) is 0 Å². The topological polar surface area (TPSA) is 155 Å². The summed E-state index contributed by atoms with van der Waals surface area (Å²) in [7, 11) is -4.61. The van der Waals surface area contributed by atoms with Crippen molar-refractivity contribution in [3.05, 3.63) is 0 Å². The normalized spacial score (nSPS) is 13.8. The van der Waals surface area contributed by atoms with Gasteiger partial charge in [0.15, 0.2) is 0 Å². The number of nitrogens with two attached hydrogens (primary N) is 1. The van der Waals surface area contributed by atoms with Crippen molar-refractivity contribution in [1.29, 1.82) is 0 Å². The number of hydrogen-bond donors (Lipinski definition) is 3. The Morgan fingerprint density at radius 2 is 0.821 bits per heavy atom. The Morgan fingerprint density at radius 3 is 1.18 bits per heavy atom. The van der Waals surface area contributed by atoms with Crippen molar-refractivity contribution >= 4 is 19.8 Å². The summed E-state index contributed by atoms with van der Waals surface area (Å²) in [5, 5.41) is 8.90. The van der Waals surface area contributed by atoms with E-state index in [4.69, 9.17) is 29.4 Å². The molecule has 0 saturated heterocycles. The first kappa shape index (κ1) is 55.0. The Morgan fingerprint density at radius 1 is 0.500 bits per heavy atom. The summed E-state index contributed by atoms with van der Waals surface area (Å²) in [4.78, 5) is 33.6. The van der Waals surface area contributed by atoms with Crippen molar-refractivity contribution in [2.24, 2.45) is 5.73 Å². The van der Waals surface area contributed by atoms with Gasteiger partial charge >= 0.3 is 19.8 Å². The number of carbonyl (C=O) groups excluding carboxylic acids is 1. The molecule has 0 rings (SSSR count). The molecule has 1 unspecified atom stereocenters. The summed E-state index contributed by atoms with van der Waals surface area (Å²) in [6.07, 6.45) is 43.0. The summed E-state index contributed by atoms with van der Waals surface area (Å²) in [6.45, 7) is 3.94. The molecule has 0 aromatic carbocycles. The van der Waals surface area contributed by atoms with Crippen molar-refractivity contribution in [2.75, 3.05) is 26.4 Å². The van der Waals surface area contributed by atoms with E-state index in [1.807, 2.05) is 0 Å². The van der Waals surface area contributed by atoms with Gasteiger partial charge in [0.1, 0.15) is 12.1 Å². The SMILES string of the molecule is CCCCCCCCCCCCCCCCCCCCCCOC[C@H](COP(=O)(O)OC[C@H](N)C(=O)O)OC(=O)CCCCCCCCCCCCCCCC. The standard InChI is InChI=1S/C45H90NO9P/c1-3-5-7-9-11-13-15-17-19-20-21-22-23-24-26-28-30-32-34-36-38-52-39-42(40-53-56(50,51)54-41-43(46)45(48)49)55-44(47)37-35-33-31-29-27-25-18-16-14-12-10-8-6-4-2/h42-43H,3-41,46H2,1-2H3,(H,48,49)(H,50,51)/t42-,43+/m1/s1. The van der Waals surface area contributed by atoms with E-state index in [9.17, 15) is 19.0 Å². The van der Waals surface area contributed by atoms with Gasteiger partial charge in [0.25, 0.3) is 0 Å². The highest BCUT2D eigenvalue weighted by Gasteiger charge is 2.27. The lowest BCUT2D eigenvalue weighted by atomic mass is 10.0. The molecule has 0 radical (unpaired) electrons. The van der Waals surface area contributed by atoms with Crippen LogP contribution in [-0.2, 0) is 32.7 Å². The molecule has 334 valence electrons. The van der Waals surface area contributed by atoms with E-state index in [0.717, 1.165) is 38.5 Å². The molecule has 0 aromatic heterocycles. The number of hydrogen-bond acceptors (Lipinski definition) is 8. The van der Waals surface area contributed by atoms with Crippen molar-refractivity contribution in [3.8, 4) is 0 Å². The van der Waals surface area contributed by atoms with E-state index < -0.39 is 45.1 Å². The smallest absolute Gasteiger partial charge is 0.472 e. The fourth-order valence-corrected chi connectivity index (χ4v) is 7.74. The Bertz CT molecular complexity index is 909. The second-order valence-corrected chi connectivity index (χ2v) is 17.7. The lowest BCUT2D eigenvalue weighted by Gasteiger charge is -2.20. The molecule has 3 atom stereocenters. The molecular formula is C45H90NO9P. The number of phosphoric acid groups is 1. The first-order valence-electron chi connectivity index (χ1n) is 23.6. The summed E-state index contributed by atoms with van der Waals surface area (Å²) in [5.41, 5.74) is 5.36. The van der Waals surface area contributed by atoms with Crippen molar-refractivity contribution in [3.63, 3.8) is 0 Å². The van der Waals surface area contributed by atoms with E-state index in [0.29, 0.717) is 6.61 Å². The maximum absolute atomic E-state index is 12.6. The molecule has 56 heavy (non-hydrogen) atoms. The summed E-state index contributed by atoms with van der Waals surface area (Å²) >= 11 is 0. The molecule has 0 bridgehead atoms. The number of aliphatic carboxylic acids is 1. The third-order valence-corrected chi connectivity index (χ3v) is 11.6. The van der Waals surface area contributed by atoms with Gasteiger partial charge in [0, 0.05) is 13.0 Å². The molecule has 11 heteroatoms. The number of phosphoric ester groups is 1. The van der Waals surface area contributed by atoms with Gasteiger partial charge in [-0.1, -0.05) is 219 Å². The lowest BCUT2D eigenvalue weighted by molar-refractivity contribution is -0.154. The van der Waals surface area contributed by atoms with Crippen LogP contribution in [0.4, 0.5) is 0 Å². The average Bonchev–Trinajstić information content (AvgIpc) is 3.18. The number of ether oxygens (including phenoxy) is 2. The van der Waals surface area contributed by atoms with Gasteiger partial charge in [-0.05, 0) is 12.8 Å². The second kappa shape index (κ2) is 42.1. The van der Waals surface area contributed by atoms with E-state index in [1.165, 1.54) is 180 Å². The minimum absolute atomic E-state index is 0.0260. The van der Waals surface area contributed by atoms with Crippen LogP contribution in [0.1, 0.15) is 239 Å². The van der Waals surface area contributed by atoms with Gasteiger partial charge in [0.2, 0.25) is 0 Å². The maximum Gasteiger partial charge on any atom is 0.472 e. The molecule has 0 spiro atoms. The second-order valence-electron chi connectivity index (χ2n) is 16.3. The quantitative estimate of drug-likeness (QED) is 0.0307. The van der Waals surface area contributed by atoms with Gasteiger partial charge in [0.05, 0.1) is 19.8 Å². The molecular weight excluding hydrogens is 729 g/mol. The van der Waals surface area contributed by atoms with Gasteiger partial charge < -0.3 is 25.2 Å². The summed E-state index contributed by atoms with van der Waals surface area (Å²) in [5.74, 6) is -1.76. The molecule has 0 aromatic rings. The minimum atomic E-state index is -4.61. The molecule has 0 aliphatic heterocycles. The molecule has 0 heterocycles. The highest BCUT2D eigenvalue weighted by molar-refractivity contribution is 7.47. The van der Waals surface area contributed by atoms with Crippen molar-refractivity contribution in [1.82, 2.24) is 0 Å². The zero-order chi connectivity index (χ0) is 41.2. The third kappa shape index (κ3) is 41.1. The fourth-order valence-electron chi connectivity index (χ4n) is 6.96. The third-order valence-electron chi connectivity index (χ3n) is 10.6. The Hall–Kier alpha value is -1.03. The summed E-state index contributed by atoms with van der Waals surface area (Å²) < 4.78 is 33.4. The van der Waals surface area contributed by atoms with Crippen molar-refractivity contribution < 1.29 is 42.7 Å². The van der Waals surface area contributed by atoms with Crippen LogP contribution in [0.2, 0.25) is 0 Å². The van der Waals surface area contributed by atoms with Crippen LogP contribution < -0.4 is 5.73 Å². The fraction of sp³-hybridized carbons (Fsp3) is 0.956. The van der Waals surface area contributed by atoms with Crippen LogP contribution in [0.5, 0.6) is 0 Å². The monoisotopic (exact) mass is 820 g/mol. The van der Waals surface area contributed by atoms with Crippen LogP contribution >= 0.6 is 7.82 Å². The van der Waals surface area contributed by atoms with Crippen molar-refractivity contribution in [2.45, 2.75) is 251 Å². The molecule has 4 N–H and O–H groups in total. The molecule has 10 nitrogen and oxygen atoms in total. The summed E-state index contributed by atoms with van der Waals surface area (Å²) in [6, 6.07) is -1.47. The molecule has 0 aliphatic carbocycles. The number of carboxylic acid groups (broad SMARTS) is 1. The highest BCUT2D eigenvalue weighted by atomic mass is 31.2. The molecule has 0 amide bonds. The molecule has 0 fully saturated rings. The van der Waals surface area contributed by atoms with Gasteiger partial charge in [-0.3, -0.25) is 18.6 Å². The number of carboxylic acids is 1. The number of carbonyl (C=O) groups is 2. The van der Waals surface area contributed by atoms with E-state index in [2.05, 4.69) is 13.8 Å². The van der Waals surface area contributed by atoms with Crippen LogP contribution in [0, 0.1) is 0 Å². The Balaban J connectivity index is 4.11. The largest absolute Gasteiger partial charge is 0.480 e. The van der Waals surface area contributed by atoms with Crippen LogP contribution in [0.3, 0.4) is 0 Å². The van der Waals surface area contributed by atoms with E-state index in [1.54, 1.807) is 0 Å². The molecule has 0 saturated carbocycles. The number of rotatable bonds is 46. The Labute approximate surface area is 344 Å². The first-order chi connectivity index (χ1) is 27.2. The zero-order valence-corrected chi connectivity index (χ0v) is 37.4. The van der Waals surface area contributed by atoms with Gasteiger partial charge in [-0.2, -0.15) is 0 Å². The number of unbranched alkanes of at least 4 members (excludes halogenated alkanes) is 32. The zero-order valence-electron chi connectivity index (χ0n) is 36.5. The maximum atomic E-state index is 12.6. The Kier molecular flexibility index (Phi) is 41.3. The van der Waals surface area contributed by atoms with Gasteiger partial charge in [-0.25, -0.2) is 4.57 Å². The lowest BCUT2D eigenvalue weighted by Crippen LogP contribution is -2.34. The average molecular weight is 820 g/mol. The predicted octanol–water partition coefficient (Wildman–Crippen LogP) is 13.2. The van der Waals surface area contributed by atoms with Crippen LogP contribution in [0.25, 0.3) is 0 Å². The van der Waals surface area contributed by atoms with Crippen LogP contribution in [-0.4, -0.2) is 60.5 Å². The van der Waals surface area contributed by atoms with E-state index in [-0.39, 0.29) is 13.0 Å². The van der Waals surface area contributed by atoms with Gasteiger partial charge in [-0.15, -0.1) is 0 Å². The highest BCUT2D eigenvalue weighted by Crippen LogP contribution is 2.43. The van der Waals surface area contributed by atoms with E-state index >= 15 is 0 Å². The predicted molar refractivity (Wildman–Crippen MR) is 231 cm³/mol. The first-order valence-corrected chi connectivity index (χ1v) is 25.1. The number of esters is 1. The minimum Gasteiger partial charge on any atom is -0.480 e. The molecule has 0 aliphatic rings.